The van der Waals surface area contributed by atoms with E-state index in [4.69, 9.17) is 4.42 Å². The number of fused-ring (bicyclic) bond motifs is 1. The van der Waals surface area contributed by atoms with E-state index < -0.39 is 0 Å². The van der Waals surface area contributed by atoms with Crippen LogP contribution in [-0.2, 0) is 6.42 Å². The van der Waals surface area contributed by atoms with Crippen LogP contribution in [-0.4, -0.2) is 30.0 Å². The molecule has 1 aromatic carbocycles. The van der Waals surface area contributed by atoms with Gasteiger partial charge >= 0.3 is 0 Å². The summed E-state index contributed by atoms with van der Waals surface area (Å²) in [4.78, 5) is 28.1. The molecule has 2 aliphatic rings. The molecule has 7 nitrogen and oxygen atoms in total. The maximum atomic E-state index is 12.9. The van der Waals surface area contributed by atoms with E-state index in [9.17, 15) is 9.70 Å². The number of amides is 1. The number of nitroso groups, excluding NO2 is 1. The fraction of sp³-hybridized carbons (Fsp3) is 0.333. The van der Waals surface area contributed by atoms with Crippen LogP contribution in [0, 0.1) is 4.91 Å². The number of aromatic nitrogens is 1. The van der Waals surface area contributed by atoms with Crippen LogP contribution in [0.5, 0.6) is 0 Å². The molecule has 158 valence electrons. The van der Waals surface area contributed by atoms with Crippen molar-refractivity contribution in [2.24, 2.45) is 5.18 Å². The summed E-state index contributed by atoms with van der Waals surface area (Å²) in [7, 11) is 0. The van der Waals surface area contributed by atoms with Gasteiger partial charge in [-0.2, -0.15) is 4.91 Å². The van der Waals surface area contributed by atoms with E-state index in [1.54, 1.807) is 12.4 Å². The van der Waals surface area contributed by atoms with Gasteiger partial charge in [0.2, 0.25) is 0 Å². The van der Waals surface area contributed by atoms with Crippen LogP contribution in [0.1, 0.15) is 47.0 Å². The number of furan rings is 1. The lowest BCUT2D eigenvalue weighted by Gasteiger charge is -2.23. The van der Waals surface area contributed by atoms with Crippen LogP contribution in [0.4, 0.5) is 0 Å². The Morgan fingerprint density at radius 1 is 1.06 bits per heavy atom. The van der Waals surface area contributed by atoms with E-state index in [0.717, 1.165) is 66.6 Å². The first-order chi connectivity index (χ1) is 15.2. The summed E-state index contributed by atoms with van der Waals surface area (Å²) in [5.41, 5.74) is 4.76. The van der Waals surface area contributed by atoms with Crippen LogP contribution < -0.4 is 10.6 Å². The maximum Gasteiger partial charge on any atom is 0.287 e. The molecule has 2 aromatic heterocycles. The minimum absolute atomic E-state index is 0.152. The van der Waals surface area contributed by atoms with Crippen molar-refractivity contribution in [1.29, 1.82) is 0 Å². The molecule has 7 heteroatoms. The van der Waals surface area contributed by atoms with Gasteiger partial charge in [0.1, 0.15) is 11.8 Å². The molecule has 2 N–H and O–H groups in total. The van der Waals surface area contributed by atoms with E-state index in [-0.39, 0.29) is 18.0 Å². The number of benzene rings is 1. The fourth-order valence-electron chi connectivity index (χ4n) is 4.53. The molecule has 0 spiro atoms. The SMILES string of the molecule is O=NC1CCc2cc(-c3oc(C(=O)NC4CCNCC4)cc3-c3ccncc3)ccc21. The lowest BCUT2D eigenvalue weighted by atomic mass is 9.99. The van der Waals surface area contributed by atoms with Gasteiger partial charge in [-0.3, -0.25) is 9.78 Å². The summed E-state index contributed by atoms with van der Waals surface area (Å²) in [5.74, 6) is 0.750. The zero-order valence-corrected chi connectivity index (χ0v) is 17.1. The molecular formula is C24H24N4O3. The average molecular weight is 416 g/mol. The van der Waals surface area contributed by atoms with E-state index >= 15 is 0 Å². The van der Waals surface area contributed by atoms with E-state index in [1.165, 1.54) is 0 Å². The monoisotopic (exact) mass is 416 g/mol. The Balaban J connectivity index is 1.51. The van der Waals surface area contributed by atoms with Gasteiger partial charge in [0.05, 0.1) is 0 Å². The highest BCUT2D eigenvalue weighted by molar-refractivity contribution is 5.95. The number of nitrogens with one attached hydrogen (secondary N) is 2. The molecule has 3 heterocycles. The highest BCUT2D eigenvalue weighted by Crippen LogP contribution is 2.40. The third kappa shape index (κ3) is 3.88. The number of piperidine rings is 1. The summed E-state index contributed by atoms with van der Waals surface area (Å²) >= 11 is 0. The third-order valence-corrected chi connectivity index (χ3v) is 6.20. The van der Waals surface area contributed by atoms with Crippen molar-refractivity contribution < 1.29 is 9.21 Å². The van der Waals surface area contributed by atoms with Gasteiger partial charge in [-0.1, -0.05) is 17.3 Å². The first kappa shape index (κ1) is 19.6. The molecule has 1 amide bonds. The Morgan fingerprint density at radius 2 is 1.87 bits per heavy atom. The molecule has 5 rings (SSSR count). The normalized spacial score (nSPS) is 18.5. The standard InChI is InChI=1S/C24H24N4O3/c29-24(27-18-7-11-26-12-8-18)22-14-20(15-5-9-25-10-6-15)23(31-22)17-1-3-19-16(13-17)2-4-21(19)28-30/h1,3,5-6,9-10,13-14,18,21,26H,2,4,7-8,11-12H2,(H,27,29). The van der Waals surface area contributed by atoms with Gasteiger partial charge < -0.3 is 15.1 Å². The van der Waals surface area contributed by atoms with E-state index in [1.807, 2.05) is 30.3 Å². The zero-order valence-electron chi connectivity index (χ0n) is 17.1. The first-order valence-electron chi connectivity index (χ1n) is 10.7. The van der Waals surface area contributed by atoms with Crippen molar-refractivity contribution in [2.45, 2.75) is 37.8 Å². The smallest absolute Gasteiger partial charge is 0.287 e. The molecule has 1 aliphatic heterocycles. The van der Waals surface area contributed by atoms with Crippen LogP contribution in [0.25, 0.3) is 22.5 Å². The van der Waals surface area contributed by atoms with Crippen molar-refractivity contribution in [3.8, 4) is 22.5 Å². The Hall–Kier alpha value is -3.32. The van der Waals surface area contributed by atoms with Crippen molar-refractivity contribution in [3.05, 3.63) is 70.6 Å². The van der Waals surface area contributed by atoms with Crippen molar-refractivity contribution in [2.75, 3.05) is 13.1 Å². The number of aryl methyl sites for hydroxylation is 1. The minimum atomic E-state index is -0.272. The molecule has 0 radical (unpaired) electrons. The molecule has 1 aliphatic carbocycles. The van der Waals surface area contributed by atoms with Crippen molar-refractivity contribution in [3.63, 3.8) is 0 Å². The fourth-order valence-corrected chi connectivity index (χ4v) is 4.53. The molecule has 1 saturated heterocycles. The molecule has 1 unspecified atom stereocenters. The third-order valence-electron chi connectivity index (χ3n) is 6.20. The molecule has 0 saturated carbocycles. The van der Waals surface area contributed by atoms with Gasteiger partial charge in [-0.25, -0.2) is 0 Å². The van der Waals surface area contributed by atoms with E-state index in [2.05, 4.69) is 26.9 Å². The van der Waals surface area contributed by atoms with Gasteiger partial charge in [0.25, 0.3) is 5.91 Å². The average Bonchev–Trinajstić information content (AvgIpc) is 3.44. The van der Waals surface area contributed by atoms with Gasteiger partial charge in [0.15, 0.2) is 5.76 Å². The highest BCUT2D eigenvalue weighted by atomic mass is 16.4. The summed E-state index contributed by atoms with van der Waals surface area (Å²) in [6, 6.07) is 11.5. The molecule has 3 aromatic rings. The Labute approximate surface area is 180 Å². The molecule has 1 atom stereocenters. The molecule has 0 bridgehead atoms. The first-order valence-corrected chi connectivity index (χ1v) is 10.7. The molecule has 1 fully saturated rings. The Kier molecular flexibility index (Phi) is 5.34. The number of pyridine rings is 1. The van der Waals surface area contributed by atoms with Gasteiger partial charge in [0, 0.05) is 29.6 Å². The lowest BCUT2D eigenvalue weighted by Crippen LogP contribution is -2.42. The van der Waals surface area contributed by atoms with Crippen LogP contribution in [0.2, 0.25) is 0 Å². The number of nitrogens with zero attached hydrogens (tertiary/aromatic N) is 2. The molecular weight excluding hydrogens is 392 g/mol. The van der Waals surface area contributed by atoms with Crippen molar-refractivity contribution >= 4 is 5.91 Å². The molecule has 31 heavy (non-hydrogen) atoms. The quantitative estimate of drug-likeness (QED) is 0.606. The maximum absolute atomic E-state index is 12.9. The predicted octanol–water partition coefficient (Wildman–Crippen LogP) is 4.24. The van der Waals surface area contributed by atoms with E-state index in [0.29, 0.717) is 11.5 Å². The minimum Gasteiger partial charge on any atom is -0.450 e. The van der Waals surface area contributed by atoms with Crippen LogP contribution >= 0.6 is 0 Å². The summed E-state index contributed by atoms with van der Waals surface area (Å²) in [6.45, 7) is 1.81. The second kappa shape index (κ2) is 8.43. The number of rotatable bonds is 5. The van der Waals surface area contributed by atoms with Gasteiger partial charge in [-0.05, 0) is 79.7 Å². The highest BCUT2D eigenvalue weighted by Gasteiger charge is 2.26. The zero-order chi connectivity index (χ0) is 21.2. The second-order valence-corrected chi connectivity index (χ2v) is 8.16. The summed E-state index contributed by atoms with van der Waals surface area (Å²) < 4.78 is 6.14. The number of hydrogen-bond donors (Lipinski definition) is 2. The number of carbonyl (C=O) groups excluding carboxylic acids is 1. The topological polar surface area (TPSA) is 96.6 Å². The summed E-state index contributed by atoms with van der Waals surface area (Å²) in [6.07, 6.45) is 6.82. The lowest BCUT2D eigenvalue weighted by molar-refractivity contribution is 0.0902. The summed E-state index contributed by atoms with van der Waals surface area (Å²) in [5, 5.41) is 9.65. The van der Waals surface area contributed by atoms with Gasteiger partial charge in [-0.15, -0.1) is 0 Å². The Bertz CT molecular complexity index is 1100. The predicted molar refractivity (Wildman–Crippen MR) is 118 cm³/mol. The number of carbonyl (C=O) groups is 1. The van der Waals surface area contributed by atoms with Crippen molar-refractivity contribution in [1.82, 2.24) is 15.6 Å². The van der Waals surface area contributed by atoms with Crippen LogP contribution in [0.15, 0.2) is 58.4 Å². The number of hydrogen-bond acceptors (Lipinski definition) is 6. The second-order valence-electron chi connectivity index (χ2n) is 8.16. The van der Waals surface area contributed by atoms with Crippen LogP contribution in [0.3, 0.4) is 0 Å². The largest absolute Gasteiger partial charge is 0.450 e. The Morgan fingerprint density at radius 3 is 2.65 bits per heavy atom.